The Morgan fingerprint density at radius 2 is 2.12 bits per heavy atom. The maximum atomic E-state index is 10.8. The summed E-state index contributed by atoms with van der Waals surface area (Å²) in [5.74, 6) is -0.549. The summed E-state index contributed by atoms with van der Waals surface area (Å²) >= 11 is 0. The maximum absolute atomic E-state index is 10.8. The summed E-state index contributed by atoms with van der Waals surface area (Å²) in [5, 5.41) is 18.6. The van der Waals surface area contributed by atoms with Crippen molar-refractivity contribution in [2.45, 2.75) is 32.3 Å². The van der Waals surface area contributed by atoms with Gasteiger partial charge in [0.25, 0.3) is 0 Å². The van der Waals surface area contributed by atoms with Crippen LogP contribution in [0.4, 0.5) is 0 Å². The monoisotopic (exact) mass is 238 g/mol. The molecule has 0 aromatic heterocycles. The lowest BCUT2D eigenvalue weighted by Crippen LogP contribution is -2.39. The van der Waals surface area contributed by atoms with Crippen LogP contribution in [0.1, 0.15) is 26.3 Å². The minimum Gasteiger partial charge on any atom is -0.494 e. The summed E-state index contributed by atoms with van der Waals surface area (Å²) in [6.07, 6.45) is -1.45. The van der Waals surface area contributed by atoms with Crippen LogP contribution in [0.2, 0.25) is 0 Å². The van der Waals surface area contributed by atoms with Crippen LogP contribution in [0.15, 0.2) is 24.3 Å². The van der Waals surface area contributed by atoms with E-state index in [0.717, 1.165) is 5.56 Å². The first-order chi connectivity index (χ1) is 7.89. The number of aliphatic hydroxyl groups is 1. The predicted molar refractivity (Wildman–Crippen MR) is 64.3 cm³/mol. The number of rotatable bonds is 5. The fraction of sp³-hybridized carbons (Fsp3) is 0.462. The van der Waals surface area contributed by atoms with Gasteiger partial charge >= 0.3 is 5.97 Å². The lowest BCUT2D eigenvalue weighted by molar-refractivity contribution is -0.150. The Morgan fingerprint density at radius 1 is 1.47 bits per heavy atom. The van der Waals surface area contributed by atoms with Gasteiger partial charge in [0, 0.05) is 5.41 Å². The van der Waals surface area contributed by atoms with Crippen LogP contribution >= 0.6 is 0 Å². The Balaban J connectivity index is 3.05. The topological polar surface area (TPSA) is 66.8 Å². The van der Waals surface area contributed by atoms with Gasteiger partial charge in [-0.2, -0.15) is 0 Å². The number of carbonyl (C=O) groups is 1. The average Bonchev–Trinajstić information content (AvgIpc) is 2.28. The third kappa shape index (κ3) is 2.97. The molecule has 0 saturated carbocycles. The van der Waals surface area contributed by atoms with E-state index in [9.17, 15) is 9.90 Å². The van der Waals surface area contributed by atoms with Crippen molar-refractivity contribution < 1.29 is 19.7 Å². The molecule has 1 atom stereocenters. The summed E-state index contributed by atoms with van der Waals surface area (Å²) in [6.45, 7) is 5.81. The zero-order valence-electron chi connectivity index (χ0n) is 10.3. The summed E-state index contributed by atoms with van der Waals surface area (Å²) in [5.41, 5.74) is -0.128. The molecule has 0 spiro atoms. The highest BCUT2D eigenvalue weighted by Crippen LogP contribution is 2.29. The number of hydrogen-bond acceptors (Lipinski definition) is 3. The predicted octanol–water partition coefficient (Wildman–Crippen LogP) is 1.81. The summed E-state index contributed by atoms with van der Waals surface area (Å²) < 4.78 is 5.35. The molecule has 1 rings (SSSR count). The summed E-state index contributed by atoms with van der Waals surface area (Å²) in [6, 6.07) is 7.14. The first-order valence-corrected chi connectivity index (χ1v) is 5.53. The van der Waals surface area contributed by atoms with Gasteiger partial charge in [0.15, 0.2) is 6.10 Å². The lowest BCUT2D eigenvalue weighted by atomic mass is 9.79. The minimum absolute atomic E-state index is 0.547. The number of ether oxygens (including phenoxy) is 1. The molecule has 0 saturated heterocycles. The molecule has 4 nitrogen and oxygen atoms in total. The van der Waals surface area contributed by atoms with Gasteiger partial charge in [0.1, 0.15) is 5.75 Å². The van der Waals surface area contributed by atoms with Gasteiger partial charge in [-0.15, -0.1) is 0 Å². The largest absolute Gasteiger partial charge is 0.494 e. The third-order valence-corrected chi connectivity index (χ3v) is 2.81. The van der Waals surface area contributed by atoms with Crippen molar-refractivity contribution in [2.75, 3.05) is 6.61 Å². The van der Waals surface area contributed by atoms with Crippen LogP contribution in [0.5, 0.6) is 5.75 Å². The SMILES string of the molecule is CCOc1cccc(C(C)(C)C(O)C(=O)O)c1. The molecule has 0 radical (unpaired) electrons. The molecule has 0 amide bonds. The quantitative estimate of drug-likeness (QED) is 0.821. The van der Waals surface area contributed by atoms with Gasteiger partial charge in [-0.25, -0.2) is 4.79 Å². The van der Waals surface area contributed by atoms with Gasteiger partial charge in [-0.1, -0.05) is 26.0 Å². The van der Waals surface area contributed by atoms with E-state index in [1.165, 1.54) is 0 Å². The molecule has 1 aromatic carbocycles. The van der Waals surface area contributed by atoms with E-state index in [1.54, 1.807) is 38.1 Å². The second kappa shape index (κ2) is 5.19. The molecule has 0 heterocycles. The molecule has 0 fully saturated rings. The number of aliphatic hydroxyl groups excluding tert-OH is 1. The number of carboxylic acids is 1. The van der Waals surface area contributed by atoms with Gasteiger partial charge in [0.2, 0.25) is 0 Å². The van der Waals surface area contributed by atoms with Crippen LogP contribution < -0.4 is 4.74 Å². The maximum Gasteiger partial charge on any atom is 0.333 e. The van der Waals surface area contributed by atoms with Crippen LogP contribution in [0.3, 0.4) is 0 Å². The van der Waals surface area contributed by atoms with Crippen molar-refractivity contribution in [3.63, 3.8) is 0 Å². The highest BCUT2D eigenvalue weighted by molar-refractivity contribution is 5.74. The van der Waals surface area contributed by atoms with E-state index < -0.39 is 17.5 Å². The van der Waals surface area contributed by atoms with Crippen molar-refractivity contribution in [3.05, 3.63) is 29.8 Å². The van der Waals surface area contributed by atoms with E-state index in [0.29, 0.717) is 12.4 Å². The van der Waals surface area contributed by atoms with Crippen LogP contribution in [-0.4, -0.2) is 28.9 Å². The molecule has 4 heteroatoms. The van der Waals surface area contributed by atoms with Crippen LogP contribution in [0, 0.1) is 0 Å². The Hall–Kier alpha value is -1.55. The highest BCUT2D eigenvalue weighted by Gasteiger charge is 2.35. The number of hydrogen-bond donors (Lipinski definition) is 2. The van der Waals surface area contributed by atoms with Crippen LogP contribution in [-0.2, 0) is 10.2 Å². The van der Waals surface area contributed by atoms with Gasteiger partial charge in [-0.3, -0.25) is 0 Å². The van der Waals surface area contributed by atoms with Crippen LogP contribution in [0.25, 0.3) is 0 Å². The fourth-order valence-electron chi connectivity index (χ4n) is 1.62. The molecular weight excluding hydrogens is 220 g/mol. The first kappa shape index (κ1) is 13.5. The molecule has 2 N–H and O–H groups in total. The summed E-state index contributed by atoms with van der Waals surface area (Å²) in [7, 11) is 0. The van der Waals surface area contributed by atoms with Crippen molar-refractivity contribution in [2.24, 2.45) is 0 Å². The smallest absolute Gasteiger partial charge is 0.333 e. The Morgan fingerprint density at radius 3 is 2.65 bits per heavy atom. The molecule has 0 aliphatic heterocycles. The van der Waals surface area contributed by atoms with E-state index >= 15 is 0 Å². The fourth-order valence-corrected chi connectivity index (χ4v) is 1.62. The molecule has 0 aliphatic rings. The second-order valence-electron chi connectivity index (χ2n) is 4.42. The molecule has 0 aliphatic carbocycles. The van der Waals surface area contributed by atoms with Gasteiger partial charge in [-0.05, 0) is 24.6 Å². The van der Waals surface area contributed by atoms with E-state index in [-0.39, 0.29) is 0 Å². The van der Waals surface area contributed by atoms with E-state index in [4.69, 9.17) is 9.84 Å². The minimum atomic E-state index is -1.45. The van der Waals surface area contributed by atoms with E-state index in [2.05, 4.69) is 0 Å². The van der Waals surface area contributed by atoms with Gasteiger partial charge < -0.3 is 14.9 Å². The molecule has 94 valence electrons. The molecule has 17 heavy (non-hydrogen) atoms. The average molecular weight is 238 g/mol. The standard InChI is InChI=1S/C13H18O4/c1-4-17-10-7-5-6-9(8-10)13(2,3)11(14)12(15)16/h5-8,11,14H,4H2,1-3H3,(H,15,16). The second-order valence-corrected chi connectivity index (χ2v) is 4.42. The normalized spacial score (nSPS) is 13.2. The number of aliphatic carboxylic acids is 1. The zero-order chi connectivity index (χ0) is 13.1. The van der Waals surface area contributed by atoms with Crippen molar-refractivity contribution in [3.8, 4) is 5.75 Å². The first-order valence-electron chi connectivity index (χ1n) is 5.53. The van der Waals surface area contributed by atoms with Gasteiger partial charge in [0.05, 0.1) is 6.61 Å². The van der Waals surface area contributed by atoms with Crippen molar-refractivity contribution in [1.29, 1.82) is 0 Å². The number of carboxylic acid groups (broad SMARTS) is 1. The number of benzene rings is 1. The summed E-state index contributed by atoms with van der Waals surface area (Å²) in [4.78, 5) is 10.8. The van der Waals surface area contributed by atoms with Crippen molar-refractivity contribution >= 4 is 5.97 Å². The molecule has 0 bridgehead atoms. The Kier molecular flexibility index (Phi) is 4.12. The van der Waals surface area contributed by atoms with Crippen molar-refractivity contribution in [1.82, 2.24) is 0 Å². The molecular formula is C13H18O4. The molecule has 1 aromatic rings. The lowest BCUT2D eigenvalue weighted by Gasteiger charge is -2.28. The Labute approximate surface area is 101 Å². The Bertz CT molecular complexity index is 398. The molecule has 1 unspecified atom stereocenters. The third-order valence-electron chi connectivity index (χ3n) is 2.81. The van der Waals surface area contributed by atoms with E-state index in [1.807, 2.05) is 6.92 Å². The highest BCUT2D eigenvalue weighted by atomic mass is 16.5. The zero-order valence-corrected chi connectivity index (χ0v) is 10.3.